The Hall–Kier alpha value is -9.78. The number of fused-ring (bicyclic) bond motifs is 10. The first-order valence-electron chi connectivity index (χ1n) is 25.9. The number of halogens is 2. The van der Waals surface area contributed by atoms with Crippen molar-refractivity contribution in [3.05, 3.63) is 253 Å². The number of rotatable bonds is 6. The molecule has 4 aromatic heterocycles. The van der Waals surface area contributed by atoms with Crippen LogP contribution in [0.2, 0.25) is 0 Å². The van der Waals surface area contributed by atoms with E-state index in [9.17, 15) is 8.78 Å². The lowest BCUT2D eigenvalue weighted by molar-refractivity contribution is 0.627. The zero-order valence-electron chi connectivity index (χ0n) is 41.5. The first kappa shape index (κ1) is 42.7. The quantitative estimate of drug-likeness (QED) is 0.148. The molecule has 12 aromatic carbocycles. The molecule has 0 atom stereocenters. The van der Waals surface area contributed by atoms with Crippen LogP contribution in [0.4, 0.5) is 8.78 Å². The lowest BCUT2D eigenvalue weighted by Crippen LogP contribution is -2.00. The van der Waals surface area contributed by atoms with E-state index in [1.54, 1.807) is 0 Å². The Labute approximate surface area is 435 Å². The van der Waals surface area contributed by atoms with Crippen molar-refractivity contribution in [3.8, 4) is 45.3 Å². The van der Waals surface area contributed by atoms with Gasteiger partial charge < -0.3 is 18.3 Å². The molecule has 76 heavy (non-hydrogen) atoms. The van der Waals surface area contributed by atoms with Gasteiger partial charge in [0, 0.05) is 65.8 Å². The monoisotopic (exact) mass is 978 g/mol. The Bertz CT molecular complexity index is 4740. The molecule has 0 fully saturated rings. The van der Waals surface area contributed by atoms with Crippen LogP contribution in [0.5, 0.6) is 0 Å². The number of aromatic nitrogens is 4. The summed E-state index contributed by atoms with van der Waals surface area (Å²) in [5, 5.41) is 14.2. The standard InChI is InChI=1S/C70H44F2N4/c1-41-57-37-45-21-34-56-66-46(38-58-42(2)68(44-15-7-4-8-16-44)76(70(56)58)52-32-36-64-60(40-52)54-18-10-12-20-62(54)74(64)50-29-25-48(72)26-30-50)22-33-55(65(45)66)69(57)75(67(41)43-13-5-3-6-14-43)51-31-35-63-59(39-51)53-17-9-11-19-61(53)73(63)49-27-23-47(71)24-28-49/h3-40H,1-2H3. The van der Waals surface area contributed by atoms with Gasteiger partial charge in [-0.2, -0.15) is 0 Å². The summed E-state index contributed by atoms with van der Waals surface area (Å²) >= 11 is 0. The van der Waals surface area contributed by atoms with Crippen molar-refractivity contribution in [2.45, 2.75) is 13.8 Å². The summed E-state index contributed by atoms with van der Waals surface area (Å²) in [5.74, 6) is -0.512. The molecule has 16 rings (SSSR count). The number of hydrogen-bond acceptors (Lipinski definition) is 0. The minimum atomic E-state index is -0.256. The van der Waals surface area contributed by atoms with Gasteiger partial charge in [-0.25, -0.2) is 8.78 Å². The van der Waals surface area contributed by atoms with Crippen LogP contribution in [0.25, 0.3) is 143 Å². The van der Waals surface area contributed by atoms with E-state index in [2.05, 4.69) is 214 Å². The predicted octanol–water partition coefficient (Wildman–Crippen LogP) is 18.9. The van der Waals surface area contributed by atoms with Crippen LogP contribution in [-0.4, -0.2) is 18.3 Å². The highest BCUT2D eigenvalue weighted by molar-refractivity contribution is 6.33. The Balaban J connectivity index is 0.995. The maximum absolute atomic E-state index is 14.3. The van der Waals surface area contributed by atoms with E-state index < -0.39 is 0 Å². The van der Waals surface area contributed by atoms with E-state index in [-0.39, 0.29) is 11.6 Å². The number of benzene rings is 12. The SMILES string of the molecule is Cc1c(-c2ccccc2)n(-c2ccc3c(c2)c2ccccc2n3-c2ccc(F)cc2)c2c1cc1ccc3c4c(ccc2c14)cc1c(C)c(-c2ccccc2)n(-c2ccc4c(c2)c2ccccc2n4-c2ccc(F)cc2)c13. The van der Waals surface area contributed by atoms with Crippen molar-refractivity contribution >= 4 is 97.7 Å². The molecule has 0 aliphatic rings. The third-order valence-electron chi connectivity index (χ3n) is 16.4. The molecular formula is C70H44F2N4. The lowest BCUT2D eigenvalue weighted by Gasteiger charge is -2.18. The molecule has 0 aliphatic carbocycles. The van der Waals surface area contributed by atoms with Gasteiger partial charge in [-0.1, -0.05) is 121 Å². The maximum Gasteiger partial charge on any atom is 0.123 e. The van der Waals surface area contributed by atoms with Gasteiger partial charge in [-0.3, -0.25) is 0 Å². The molecule has 0 saturated heterocycles. The predicted molar refractivity (Wildman–Crippen MR) is 313 cm³/mol. The first-order chi connectivity index (χ1) is 37.4. The molecule has 0 N–H and O–H groups in total. The summed E-state index contributed by atoms with van der Waals surface area (Å²) in [7, 11) is 0. The molecule has 16 aromatic rings. The first-order valence-corrected chi connectivity index (χ1v) is 25.9. The van der Waals surface area contributed by atoms with Crippen LogP contribution in [0.15, 0.2) is 231 Å². The number of nitrogens with zero attached hydrogens (tertiary/aromatic N) is 4. The van der Waals surface area contributed by atoms with Gasteiger partial charge in [0.05, 0.1) is 44.5 Å². The fourth-order valence-corrected chi connectivity index (χ4v) is 13.1. The second-order valence-electron chi connectivity index (χ2n) is 20.4. The van der Waals surface area contributed by atoms with Gasteiger partial charge in [-0.15, -0.1) is 0 Å². The van der Waals surface area contributed by atoms with Crippen molar-refractivity contribution in [2.24, 2.45) is 0 Å². The summed E-state index contributed by atoms with van der Waals surface area (Å²) in [4.78, 5) is 0. The molecule has 4 nitrogen and oxygen atoms in total. The van der Waals surface area contributed by atoms with E-state index in [0.29, 0.717) is 0 Å². The maximum atomic E-state index is 14.3. The molecule has 0 amide bonds. The largest absolute Gasteiger partial charge is 0.309 e. The van der Waals surface area contributed by atoms with E-state index in [1.165, 1.54) is 89.5 Å². The summed E-state index contributed by atoms with van der Waals surface area (Å²) < 4.78 is 38.1. The average Bonchev–Trinajstić information content (AvgIpc) is 4.23. The van der Waals surface area contributed by atoms with Crippen LogP contribution in [0, 0.1) is 25.5 Å². The minimum Gasteiger partial charge on any atom is -0.309 e. The van der Waals surface area contributed by atoms with Crippen LogP contribution in [-0.2, 0) is 0 Å². The molecule has 0 aliphatic heterocycles. The molecule has 4 heterocycles. The average molecular weight is 979 g/mol. The molecule has 0 unspecified atom stereocenters. The van der Waals surface area contributed by atoms with Crippen molar-refractivity contribution in [1.82, 2.24) is 18.3 Å². The Morgan fingerprint density at radius 1 is 0.276 bits per heavy atom. The highest BCUT2D eigenvalue weighted by Crippen LogP contribution is 2.49. The molecule has 6 heteroatoms. The normalized spacial score (nSPS) is 12.2. The summed E-state index contributed by atoms with van der Waals surface area (Å²) in [5.41, 5.74) is 17.6. The van der Waals surface area contributed by atoms with Gasteiger partial charge in [0.1, 0.15) is 11.6 Å². The van der Waals surface area contributed by atoms with Crippen molar-refractivity contribution < 1.29 is 8.78 Å². The summed E-state index contributed by atoms with van der Waals surface area (Å²) in [6.45, 7) is 4.55. The van der Waals surface area contributed by atoms with E-state index in [1.807, 2.05) is 24.3 Å². The molecule has 0 saturated carbocycles. The van der Waals surface area contributed by atoms with Crippen molar-refractivity contribution in [3.63, 3.8) is 0 Å². The molecule has 0 spiro atoms. The van der Waals surface area contributed by atoms with Crippen LogP contribution < -0.4 is 0 Å². The molecule has 358 valence electrons. The summed E-state index contributed by atoms with van der Waals surface area (Å²) in [6.07, 6.45) is 0. The molecule has 0 radical (unpaired) electrons. The smallest absolute Gasteiger partial charge is 0.123 e. The number of para-hydroxylation sites is 2. The van der Waals surface area contributed by atoms with Crippen molar-refractivity contribution in [1.29, 1.82) is 0 Å². The third-order valence-corrected chi connectivity index (χ3v) is 16.4. The van der Waals surface area contributed by atoms with E-state index in [4.69, 9.17) is 0 Å². The van der Waals surface area contributed by atoms with Crippen LogP contribution >= 0.6 is 0 Å². The zero-order chi connectivity index (χ0) is 50.5. The van der Waals surface area contributed by atoms with E-state index in [0.717, 1.165) is 88.9 Å². The number of hydrogen-bond donors (Lipinski definition) is 0. The summed E-state index contributed by atoms with van der Waals surface area (Å²) in [6, 6.07) is 80.1. The minimum absolute atomic E-state index is 0.256. The van der Waals surface area contributed by atoms with E-state index >= 15 is 0 Å². The Kier molecular flexibility index (Phi) is 8.91. The fourth-order valence-electron chi connectivity index (χ4n) is 13.1. The fraction of sp³-hybridized carbons (Fsp3) is 0.0286. The Morgan fingerprint density at radius 2 is 0.645 bits per heavy atom. The Morgan fingerprint density at radius 3 is 1.07 bits per heavy atom. The second kappa shape index (κ2) is 15.9. The van der Waals surface area contributed by atoms with Crippen LogP contribution in [0.1, 0.15) is 11.1 Å². The highest BCUT2D eigenvalue weighted by atomic mass is 19.1. The van der Waals surface area contributed by atoms with Gasteiger partial charge in [-0.05, 0) is 167 Å². The van der Waals surface area contributed by atoms with Gasteiger partial charge >= 0.3 is 0 Å². The molecule has 0 bridgehead atoms. The zero-order valence-corrected chi connectivity index (χ0v) is 41.5. The number of aryl methyl sites for hydroxylation is 2. The van der Waals surface area contributed by atoms with Gasteiger partial charge in [0.2, 0.25) is 0 Å². The highest BCUT2D eigenvalue weighted by Gasteiger charge is 2.27. The third kappa shape index (κ3) is 5.92. The van der Waals surface area contributed by atoms with Crippen LogP contribution in [0.3, 0.4) is 0 Å². The van der Waals surface area contributed by atoms with Crippen molar-refractivity contribution in [2.75, 3.05) is 0 Å². The van der Waals surface area contributed by atoms with Gasteiger partial charge in [0.25, 0.3) is 0 Å². The second-order valence-corrected chi connectivity index (χ2v) is 20.4. The van der Waals surface area contributed by atoms with Gasteiger partial charge in [0.15, 0.2) is 0 Å². The molecular weight excluding hydrogens is 935 g/mol. The topological polar surface area (TPSA) is 19.7 Å². The lowest BCUT2D eigenvalue weighted by atomic mass is 9.90.